The summed E-state index contributed by atoms with van der Waals surface area (Å²) in [5.74, 6) is 5.08. The Bertz CT molecular complexity index is 6240. The fraction of sp³-hybridized carbons (Fsp3) is 0.344. The molecule has 0 saturated heterocycles. The number of anilines is 1. The number of hydrogen-bond acceptors (Lipinski definition) is 13. The van der Waals surface area contributed by atoms with Gasteiger partial charge in [-0.25, -0.2) is 0 Å². The lowest BCUT2D eigenvalue weighted by atomic mass is 9.86. The van der Waals surface area contributed by atoms with Gasteiger partial charge in [-0.2, -0.15) is 0 Å². The van der Waals surface area contributed by atoms with Gasteiger partial charge in [0.1, 0.15) is 40.4 Å². The summed E-state index contributed by atoms with van der Waals surface area (Å²) in [5.41, 5.74) is 12.5. The van der Waals surface area contributed by atoms with E-state index in [4.69, 9.17) is 4.74 Å². The summed E-state index contributed by atoms with van der Waals surface area (Å²) >= 11 is 1.62. The predicted molar refractivity (Wildman–Crippen MR) is 608 cm³/mol. The van der Waals surface area contributed by atoms with Crippen LogP contribution in [0.2, 0.25) is 0 Å². The number of benzene rings is 14. The van der Waals surface area contributed by atoms with E-state index in [0.29, 0.717) is 66.8 Å². The molecule has 0 aliphatic rings. The van der Waals surface area contributed by atoms with Gasteiger partial charge in [-0.1, -0.05) is 450 Å². The van der Waals surface area contributed by atoms with Gasteiger partial charge in [0.05, 0.1) is 12.9 Å². The average molecular weight is 1960 g/mol. The first kappa shape index (κ1) is 121. The van der Waals surface area contributed by atoms with Crippen LogP contribution in [0.3, 0.4) is 0 Å². The summed E-state index contributed by atoms with van der Waals surface area (Å²) in [6.45, 7) is 47.2. The van der Waals surface area contributed by atoms with Crippen molar-refractivity contribution in [1.29, 1.82) is 0 Å². The zero-order chi connectivity index (χ0) is 107. The summed E-state index contributed by atoms with van der Waals surface area (Å²) < 4.78 is 5.17. The van der Waals surface area contributed by atoms with Gasteiger partial charge >= 0.3 is 0 Å². The van der Waals surface area contributed by atoms with E-state index in [0.717, 1.165) is 67.3 Å². The van der Waals surface area contributed by atoms with E-state index in [1.165, 1.54) is 59.8 Å². The molecule has 12 nitrogen and oxygen atoms in total. The molecule has 0 N–H and O–H groups in total. The molecular weight excluding hydrogens is 1800 g/mol. The topological polar surface area (TPSA) is 183 Å². The Balaban J connectivity index is 0.000000283. The van der Waals surface area contributed by atoms with Crippen LogP contribution in [-0.2, 0) is 66.3 Å². The Morgan fingerprint density at radius 1 is 0.285 bits per heavy atom. The number of ether oxygens (including phenoxy) is 1. The number of methoxy groups -OCH3 is 1. The normalized spacial score (nSPS) is 10.8. The Morgan fingerprint density at radius 3 is 1.05 bits per heavy atom. The van der Waals surface area contributed by atoms with Crippen LogP contribution in [0.25, 0.3) is 43.1 Å². The van der Waals surface area contributed by atoms with Crippen LogP contribution in [-0.4, -0.2) is 84.8 Å². The summed E-state index contributed by atoms with van der Waals surface area (Å²) in [6, 6.07) is 108. The number of hydrogen-bond donors (Lipinski definition) is 0. The molecule has 0 aliphatic heterocycles. The van der Waals surface area contributed by atoms with Gasteiger partial charge in [-0.05, 0) is 132 Å². The molecule has 14 aromatic rings. The first-order valence-electron chi connectivity index (χ1n) is 50.7. The quantitative estimate of drug-likeness (QED) is 0.0306. The van der Waals surface area contributed by atoms with Gasteiger partial charge < -0.3 is 9.64 Å². The van der Waals surface area contributed by atoms with Crippen molar-refractivity contribution in [3.8, 4) is 5.75 Å². The van der Waals surface area contributed by atoms with Gasteiger partial charge in [0.15, 0.2) is 23.1 Å². The van der Waals surface area contributed by atoms with Crippen LogP contribution in [0.4, 0.5) is 5.69 Å². The number of carbonyl (C=O) groups excluding carboxylic acids is 10. The highest BCUT2D eigenvalue weighted by atomic mass is 32.2. The maximum Gasteiger partial charge on any atom is 0.165 e. The smallest absolute Gasteiger partial charge is 0.165 e. The van der Waals surface area contributed by atoms with E-state index in [1.807, 2.05) is 377 Å². The lowest BCUT2D eigenvalue weighted by Gasteiger charge is -2.19. The van der Waals surface area contributed by atoms with E-state index in [1.54, 1.807) is 18.9 Å². The number of ketones is 10. The molecule has 0 fully saturated rings. The van der Waals surface area contributed by atoms with Crippen molar-refractivity contribution in [2.75, 3.05) is 31.9 Å². The van der Waals surface area contributed by atoms with Crippen LogP contribution in [0, 0.1) is 66.1 Å². The van der Waals surface area contributed by atoms with Crippen molar-refractivity contribution in [1.82, 2.24) is 0 Å². The molecule has 0 saturated carbocycles. The number of carbonyl (C=O) groups is 10. The average Bonchev–Trinajstić information content (AvgIpc) is 0.825. The number of rotatable bonds is 30. The van der Waals surface area contributed by atoms with Gasteiger partial charge in [0.2, 0.25) is 0 Å². The molecule has 0 aliphatic carbocycles. The first-order chi connectivity index (χ1) is 68.2. The number of aryl methyl sites for hydroxylation is 2. The van der Waals surface area contributed by atoms with Crippen molar-refractivity contribution < 1.29 is 52.7 Å². The molecule has 0 atom stereocenters. The molecule has 0 radical (unpaired) electrons. The molecule has 0 unspecified atom stereocenters. The summed E-state index contributed by atoms with van der Waals surface area (Å²) in [4.78, 5) is 119. The maximum atomic E-state index is 11.8. The Hall–Kier alpha value is -13.2. The van der Waals surface area contributed by atoms with Crippen LogP contribution in [0.1, 0.15) is 246 Å². The van der Waals surface area contributed by atoms with Crippen molar-refractivity contribution in [2.24, 2.45) is 59.2 Å². The standard InChI is InChI=1S/C16H18O.C15H16OS.2C15H16O.C14H20O.C12H17NO.C12H16O2.2C11H14O.C10H12O/c1-12(2)16(17)10-8-13-7-9-14-5-3-4-6-15(14)11-13;1-11(2)15(16)10-17-14-8-7-12-5-3-4-6-13(12)9-14;1-11(2)15(16)10-13-8-5-7-12-6-3-4-9-14(12)13;1-11(2)15(16)10-12-7-8-13-5-3-4-6-14(13)9-12;1-10(2)13(15)11-6-8-12(9-7-11)14(3,4)5;1-9(2)12(14)10-5-7-11(8-6-10)13(3)4;1-9(2)11(13)8-10-6-4-5-7-12(10)14-3;1-8(2)11(12)10-6-4-9(3)5-7-10;1-9(2)11(12)8-10-6-4-3-5-7-10;1-8(2)10(11)9-6-4-3-5-7-9/h3-7,9,11-12H,8,10H2,1-2H3;3-9,11H,10H2,1-2H3;2*3-9,11H,10H2,1-2H3;6-10H,1-5H3;5-9H,1-4H3;4-7,9H,8H2,1-3H3;4-8H,1-3H3;3-7,9H,8H2,1-2H3;3-8H,1-2H3. The number of nitrogens with zero attached hydrogens (tertiary/aromatic N) is 1. The Kier molecular flexibility index (Phi) is 53.1. The zero-order valence-electron chi connectivity index (χ0n) is 90.7. The second kappa shape index (κ2) is 63.0. The van der Waals surface area contributed by atoms with Crippen molar-refractivity contribution in [3.05, 3.63) is 389 Å². The lowest BCUT2D eigenvalue weighted by molar-refractivity contribution is -0.122. The molecule has 144 heavy (non-hydrogen) atoms. The molecule has 0 bridgehead atoms. The third kappa shape index (κ3) is 43.9. The first-order valence-corrected chi connectivity index (χ1v) is 51.7. The summed E-state index contributed by atoms with van der Waals surface area (Å²) in [5, 5.41) is 9.81. The van der Waals surface area contributed by atoms with Crippen LogP contribution < -0.4 is 9.64 Å². The van der Waals surface area contributed by atoms with Gasteiger partial charge in [0.25, 0.3) is 0 Å². The minimum absolute atomic E-state index is 0.0696. The van der Waals surface area contributed by atoms with Crippen molar-refractivity contribution in [3.63, 3.8) is 0 Å². The third-order valence-electron chi connectivity index (χ3n) is 23.9. The fourth-order valence-electron chi connectivity index (χ4n) is 14.1. The molecule has 0 amide bonds. The van der Waals surface area contributed by atoms with Gasteiger partial charge in [-0.3, -0.25) is 47.9 Å². The maximum absolute atomic E-state index is 11.8. The molecular formula is C131H159NO11S. The lowest BCUT2D eigenvalue weighted by Crippen LogP contribution is -2.12. The Labute approximate surface area is 865 Å². The van der Waals surface area contributed by atoms with E-state index in [9.17, 15) is 47.9 Å². The second-order valence-corrected chi connectivity index (χ2v) is 41.7. The van der Waals surface area contributed by atoms with Gasteiger partial charge in [-0.15, -0.1) is 11.8 Å². The number of thioether (sulfide) groups is 1. The van der Waals surface area contributed by atoms with E-state index in [2.05, 4.69) is 136 Å². The monoisotopic (exact) mass is 1950 g/mol. The number of fused-ring (bicyclic) bond motifs is 4. The largest absolute Gasteiger partial charge is 0.496 e. The number of Topliss-reactive ketones (excluding diaryl/α,β-unsaturated/α-hetero) is 10. The second-order valence-electron chi connectivity index (χ2n) is 40.6. The SMILES string of the molecule is CC(C)C(=O)CCc1ccc2ccccc2c1.CC(C)C(=O)CSc1ccc2ccccc2c1.CC(C)C(=O)Cc1ccc2ccccc2c1.CC(C)C(=O)Cc1cccc2ccccc12.CC(C)C(=O)Cc1ccccc1.CC(C)C(=O)c1ccc(C(C)(C)C)cc1.CC(C)C(=O)c1ccc(N(C)C)cc1.CC(C)C(=O)c1ccccc1.COc1ccccc1CC(=O)C(C)C.Cc1ccc(C(=O)C(C)C)cc1. The molecule has 0 aromatic heterocycles. The molecule has 14 rings (SSSR count). The highest BCUT2D eigenvalue weighted by molar-refractivity contribution is 8.00. The van der Waals surface area contributed by atoms with E-state index >= 15 is 0 Å². The molecule has 0 heterocycles. The molecule has 14 aromatic carbocycles. The zero-order valence-corrected chi connectivity index (χ0v) is 91.6. The molecule has 760 valence electrons. The van der Waals surface area contributed by atoms with Crippen molar-refractivity contribution in [2.45, 2.75) is 215 Å². The minimum atomic E-state index is 0.0696. The highest BCUT2D eigenvalue weighted by Crippen LogP contribution is 2.29. The van der Waals surface area contributed by atoms with E-state index in [-0.39, 0.29) is 93.5 Å². The molecule has 13 heteroatoms. The Morgan fingerprint density at radius 2 is 0.618 bits per heavy atom. The third-order valence-corrected chi connectivity index (χ3v) is 24.9. The highest BCUT2D eigenvalue weighted by Gasteiger charge is 2.20. The van der Waals surface area contributed by atoms with E-state index < -0.39 is 0 Å². The van der Waals surface area contributed by atoms with Crippen LogP contribution in [0.5, 0.6) is 5.75 Å². The molecule has 0 spiro atoms. The minimum Gasteiger partial charge on any atom is -0.496 e. The van der Waals surface area contributed by atoms with Gasteiger partial charge in [0, 0.05) is 144 Å². The van der Waals surface area contributed by atoms with Crippen molar-refractivity contribution >= 4 is 118 Å². The summed E-state index contributed by atoms with van der Waals surface area (Å²) in [7, 11) is 5.59. The summed E-state index contributed by atoms with van der Waals surface area (Å²) in [6.07, 6.45) is 3.61. The fourth-order valence-corrected chi connectivity index (χ4v) is 15.1. The van der Waals surface area contributed by atoms with Crippen LogP contribution in [0.15, 0.2) is 332 Å². The van der Waals surface area contributed by atoms with Crippen LogP contribution >= 0.6 is 11.8 Å². The number of para-hydroxylation sites is 1. The predicted octanol–water partition coefficient (Wildman–Crippen LogP) is 32.1.